The zero-order valence-corrected chi connectivity index (χ0v) is 13.9. The molecule has 1 aromatic heterocycles. The fraction of sp³-hybridized carbons (Fsp3) is 0.412. The molecule has 0 saturated carbocycles. The van der Waals surface area contributed by atoms with Crippen LogP contribution in [-0.2, 0) is 10.9 Å². The largest absolute Gasteiger partial charge is 0.418 e. The molecule has 1 saturated heterocycles. The van der Waals surface area contributed by atoms with Gasteiger partial charge in [-0.05, 0) is 32.0 Å². The Bertz CT molecular complexity index is 840. The third kappa shape index (κ3) is 3.53. The minimum Gasteiger partial charge on any atom is -0.378 e. The number of anilines is 1. The van der Waals surface area contributed by atoms with Crippen LogP contribution in [0.2, 0.25) is 0 Å². The van der Waals surface area contributed by atoms with Crippen molar-refractivity contribution in [3.05, 3.63) is 51.7 Å². The summed E-state index contributed by atoms with van der Waals surface area (Å²) < 4.78 is 47.2. The van der Waals surface area contributed by atoms with E-state index < -0.39 is 17.3 Å². The first-order valence-corrected chi connectivity index (χ1v) is 7.89. The Hall–Kier alpha value is -2.35. The molecule has 0 N–H and O–H groups in total. The van der Waals surface area contributed by atoms with Gasteiger partial charge in [0, 0.05) is 30.5 Å². The monoisotopic (exact) mass is 353 g/mol. The van der Waals surface area contributed by atoms with Gasteiger partial charge >= 0.3 is 6.18 Å². The second-order valence-electron chi connectivity index (χ2n) is 5.92. The van der Waals surface area contributed by atoms with Crippen molar-refractivity contribution in [2.45, 2.75) is 20.0 Å². The molecular weight excluding hydrogens is 335 g/mol. The number of morpholine rings is 1. The average Bonchev–Trinajstić information content (AvgIpc) is 2.54. The lowest BCUT2D eigenvalue weighted by atomic mass is 10.1. The summed E-state index contributed by atoms with van der Waals surface area (Å²) in [6.45, 7) is 4.83. The predicted octanol–water partition coefficient (Wildman–Crippen LogP) is 2.70. The van der Waals surface area contributed by atoms with Crippen LogP contribution in [0.25, 0.3) is 5.69 Å². The van der Waals surface area contributed by atoms with Gasteiger partial charge in [-0.25, -0.2) is 4.98 Å². The maximum atomic E-state index is 13.6. The van der Waals surface area contributed by atoms with E-state index in [1.807, 2.05) is 0 Å². The van der Waals surface area contributed by atoms with E-state index in [4.69, 9.17) is 4.74 Å². The van der Waals surface area contributed by atoms with Crippen molar-refractivity contribution in [1.82, 2.24) is 9.55 Å². The Morgan fingerprint density at radius 3 is 2.40 bits per heavy atom. The first-order valence-electron chi connectivity index (χ1n) is 7.89. The Morgan fingerprint density at radius 1 is 1.12 bits per heavy atom. The first kappa shape index (κ1) is 17.5. The third-order valence-corrected chi connectivity index (χ3v) is 4.11. The second kappa shape index (κ2) is 6.51. The number of rotatable bonds is 2. The number of nitrogens with zero attached hydrogens (tertiary/aromatic N) is 3. The average molecular weight is 353 g/mol. The molecule has 0 spiro atoms. The lowest BCUT2D eigenvalue weighted by molar-refractivity contribution is -0.137. The van der Waals surface area contributed by atoms with Gasteiger partial charge in [0.2, 0.25) is 0 Å². The molecule has 3 rings (SSSR count). The molecule has 0 unspecified atom stereocenters. The topological polar surface area (TPSA) is 47.4 Å². The van der Waals surface area contributed by atoms with Crippen molar-refractivity contribution in [3.8, 4) is 5.69 Å². The zero-order chi connectivity index (χ0) is 18.2. The van der Waals surface area contributed by atoms with E-state index in [9.17, 15) is 18.0 Å². The fourth-order valence-corrected chi connectivity index (χ4v) is 3.02. The van der Waals surface area contributed by atoms with E-state index in [0.29, 0.717) is 37.8 Å². The van der Waals surface area contributed by atoms with Crippen molar-refractivity contribution in [2.24, 2.45) is 0 Å². The second-order valence-corrected chi connectivity index (χ2v) is 5.92. The van der Waals surface area contributed by atoms with Gasteiger partial charge < -0.3 is 9.64 Å². The molecule has 0 radical (unpaired) electrons. The number of hydrogen-bond donors (Lipinski definition) is 0. The summed E-state index contributed by atoms with van der Waals surface area (Å²) in [6, 6.07) is 5.24. The fourth-order valence-electron chi connectivity index (χ4n) is 3.02. The molecule has 1 aliphatic rings. The highest BCUT2D eigenvalue weighted by atomic mass is 19.4. The summed E-state index contributed by atoms with van der Waals surface area (Å²) >= 11 is 0. The molecule has 1 fully saturated rings. The number of aromatic nitrogens is 2. The molecule has 1 aromatic carbocycles. The minimum atomic E-state index is -4.53. The lowest BCUT2D eigenvalue weighted by Gasteiger charge is -2.31. The van der Waals surface area contributed by atoms with Gasteiger partial charge in [-0.2, -0.15) is 13.2 Å². The molecule has 1 aliphatic heterocycles. The van der Waals surface area contributed by atoms with E-state index in [1.54, 1.807) is 18.7 Å². The molecule has 5 nitrogen and oxygen atoms in total. The van der Waals surface area contributed by atoms with E-state index in [2.05, 4.69) is 4.98 Å². The third-order valence-electron chi connectivity index (χ3n) is 4.11. The molecule has 0 atom stereocenters. The quantitative estimate of drug-likeness (QED) is 0.833. The van der Waals surface area contributed by atoms with Crippen molar-refractivity contribution < 1.29 is 17.9 Å². The Balaban J connectivity index is 2.14. The highest BCUT2D eigenvalue weighted by Gasteiger charge is 2.35. The molecule has 2 aromatic rings. The normalized spacial score (nSPS) is 15.5. The van der Waals surface area contributed by atoms with Crippen LogP contribution in [-0.4, -0.2) is 35.9 Å². The van der Waals surface area contributed by atoms with Gasteiger partial charge in [0.15, 0.2) is 0 Å². The molecule has 8 heteroatoms. The SMILES string of the molecule is Cc1cc(=O)n(-c2ccc(N3CCOCC3)c(C(F)(F)F)c2)c(C)n1. The number of hydrogen-bond acceptors (Lipinski definition) is 4. The molecule has 134 valence electrons. The van der Waals surface area contributed by atoms with Gasteiger partial charge in [-0.1, -0.05) is 0 Å². The van der Waals surface area contributed by atoms with Crippen LogP contribution in [0.3, 0.4) is 0 Å². The van der Waals surface area contributed by atoms with Gasteiger partial charge in [0.25, 0.3) is 5.56 Å². The first-order chi connectivity index (χ1) is 11.8. The van der Waals surface area contributed by atoms with Gasteiger partial charge in [-0.15, -0.1) is 0 Å². The smallest absolute Gasteiger partial charge is 0.378 e. The molecular formula is C17H18F3N3O2. The predicted molar refractivity (Wildman–Crippen MR) is 87.3 cm³/mol. The molecule has 2 heterocycles. The highest BCUT2D eigenvalue weighted by Crippen LogP contribution is 2.38. The van der Waals surface area contributed by atoms with Crippen LogP contribution < -0.4 is 10.5 Å². The molecule has 25 heavy (non-hydrogen) atoms. The summed E-state index contributed by atoms with van der Waals surface area (Å²) in [5.41, 5.74) is -0.389. The summed E-state index contributed by atoms with van der Waals surface area (Å²) in [5, 5.41) is 0. The molecule has 0 bridgehead atoms. The van der Waals surface area contributed by atoms with Crippen LogP contribution in [0.15, 0.2) is 29.1 Å². The summed E-state index contributed by atoms with van der Waals surface area (Å²) in [4.78, 5) is 18.0. The van der Waals surface area contributed by atoms with Crippen molar-refractivity contribution in [3.63, 3.8) is 0 Å². The number of halogens is 3. The highest BCUT2D eigenvalue weighted by molar-refractivity contribution is 5.59. The van der Waals surface area contributed by atoms with Crippen LogP contribution in [0, 0.1) is 13.8 Å². The number of aryl methyl sites for hydroxylation is 2. The summed E-state index contributed by atoms with van der Waals surface area (Å²) in [6.07, 6.45) is -4.53. The van der Waals surface area contributed by atoms with E-state index in [1.165, 1.54) is 22.8 Å². The maximum Gasteiger partial charge on any atom is 0.418 e. The van der Waals surface area contributed by atoms with Crippen LogP contribution >= 0.6 is 0 Å². The van der Waals surface area contributed by atoms with E-state index in [0.717, 1.165) is 6.07 Å². The summed E-state index contributed by atoms with van der Waals surface area (Å²) in [7, 11) is 0. The Labute approximate surface area is 142 Å². The van der Waals surface area contributed by atoms with Crippen LogP contribution in [0.5, 0.6) is 0 Å². The van der Waals surface area contributed by atoms with Gasteiger partial charge in [-0.3, -0.25) is 9.36 Å². The van der Waals surface area contributed by atoms with Crippen molar-refractivity contribution >= 4 is 5.69 Å². The number of benzene rings is 1. The molecule has 0 amide bonds. The van der Waals surface area contributed by atoms with Gasteiger partial charge in [0.05, 0.1) is 24.5 Å². The Kier molecular flexibility index (Phi) is 4.55. The zero-order valence-electron chi connectivity index (χ0n) is 13.9. The minimum absolute atomic E-state index is 0.102. The van der Waals surface area contributed by atoms with E-state index >= 15 is 0 Å². The standard InChI is InChI=1S/C17H18F3N3O2/c1-11-9-16(24)23(12(2)21-11)13-3-4-15(14(10-13)17(18,19)20)22-5-7-25-8-6-22/h3-4,9-10H,5-8H2,1-2H3. The van der Waals surface area contributed by atoms with Crippen LogP contribution in [0.4, 0.5) is 18.9 Å². The van der Waals surface area contributed by atoms with Crippen molar-refractivity contribution in [2.75, 3.05) is 31.2 Å². The van der Waals surface area contributed by atoms with Crippen LogP contribution in [0.1, 0.15) is 17.1 Å². The number of ether oxygens (including phenoxy) is 1. The molecule has 0 aliphatic carbocycles. The van der Waals surface area contributed by atoms with E-state index in [-0.39, 0.29) is 11.4 Å². The van der Waals surface area contributed by atoms with Gasteiger partial charge in [0.1, 0.15) is 5.82 Å². The maximum absolute atomic E-state index is 13.6. The number of alkyl halides is 3. The lowest BCUT2D eigenvalue weighted by Crippen LogP contribution is -2.37. The summed E-state index contributed by atoms with van der Waals surface area (Å²) in [5.74, 6) is 0.345. The Morgan fingerprint density at radius 2 is 1.80 bits per heavy atom. The van der Waals surface area contributed by atoms with Crippen molar-refractivity contribution in [1.29, 1.82) is 0 Å².